The molecule has 3 amide bonds. The van der Waals surface area contributed by atoms with Gasteiger partial charge in [0.25, 0.3) is 0 Å². The number of hydrogen-bond donors (Lipinski definition) is 3. The number of hydrogen-bond acceptors (Lipinski definition) is 7. The molecule has 0 fully saturated rings. The molecule has 0 aliphatic heterocycles. The molecule has 33 heavy (non-hydrogen) atoms. The maximum Gasteiger partial charge on any atom is 0.320 e. The van der Waals surface area contributed by atoms with Crippen molar-refractivity contribution in [3.63, 3.8) is 0 Å². The zero-order valence-electron chi connectivity index (χ0n) is 18.9. The normalized spacial score (nSPS) is 11.5. The number of nitrogens with zero attached hydrogens (tertiary/aromatic N) is 2. The summed E-state index contributed by atoms with van der Waals surface area (Å²) in [5, 5.41) is 17.4. The molecule has 0 aliphatic carbocycles. The number of benzene rings is 2. The van der Waals surface area contributed by atoms with Crippen LogP contribution < -0.4 is 25.4 Å². The lowest BCUT2D eigenvalue weighted by molar-refractivity contribution is -0.118. The minimum atomic E-state index is -0.780. The van der Waals surface area contributed by atoms with Gasteiger partial charge in [-0.15, -0.1) is 10.2 Å². The fourth-order valence-corrected chi connectivity index (χ4v) is 3.75. The highest BCUT2D eigenvalue weighted by molar-refractivity contribution is 7.18. The first kappa shape index (κ1) is 24.0. The number of rotatable bonds is 9. The van der Waals surface area contributed by atoms with Crippen molar-refractivity contribution in [1.82, 2.24) is 15.5 Å². The second-order valence-electron chi connectivity index (χ2n) is 7.38. The van der Waals surface area contributed by atoms with Crippen LogP contribution in [0.25, 0.3) is 10.6 Å². The van der Waals surface area contributed by atoms with E-state index in [-0.39, 0.29) is 11.8 Å². The summed E-state index contributed by atoms with van der Waals surface area (Å²) >= 11 is 1.25. The second-order valence-corrected chi connectivity index (χ2v) is 8.36. The molecule has 174 valence electrons. The molecular weight excluding hydrogens is 442 g/mol. The van der Waals surface area contributed by atoms with Crippen molar-refractivity contribution >= 4 is 34.1 Å². The van der Waals surface area contributed by atoms with Crippen molar-refractivity contribution in [2.75, 3.05) is 24.4 Å². The average molecular weight is 470 g/mol. The first-order chi connectivity index (χ1) is 15.9. The summed E-state index contributed by atoms with van der Waals surface area (Å²) in [5.74, 6) is 0.757. The number of aromatic nitrogens is 2. The molecule has 1 atom stereocenters. The molecular formula is C23H27N5O4S. The zero-order valence-corrected chi connectivity index (χ0v) is 19.7. The van der Waals surface area contributed by atoms with Crippen LogP contribution in [-0.4, -0.2) is 41.9 Å². The summed E-state index contributed by atoms with van der Waals surface area (Å²) in [4.78, 5) is 25.5. The number of para-hydroxylation sites is 2. The van der Waals surface area contributed by atoms with Gasteiger partial charge in [0.05, 0.1) is 19.4 Å². The van der Waals surface area contributed by atoms with Crippen LogP contribution in [0, 0.1) is 5.92 Å². The molecule has 0 aliphatic rings. The third-order valence-corrected chi connectivity index (χ3v) is 5.55. The van der Waals surface area contributed by atoms with Crippen LogP contribution in [0.15, 0.2) is 48.5 Å². The summed E-state index contributed by atoms with van der Waals surface area (Å²) in [5.41, 5.74) is 1.38. The lowest BCUT2D eigenvalue weighted by Crippen LogP contribution is -2.48. The van der Waals surface area contributed by atoms with E-state index in [0.29, 0.717) is 28.2 Å². The third kappa shape index (κ3) is 6.42. The van der Waals surface area contributed by atoms with Gasteiger partial charge in [-0.25, -0.2) is 4.79 Å². The SMILES string of the molecule is CCOc1ccccc1NC(=O)NC(C(=O)Nc1nnc(-c2ccc(OC)cc2)s1)C(C)C. The van der Waals surface area contributed by atoms with Gasteiger partial charge in [-0.2, -0.15) is 0 Å². The van der Waals surface area contributed by atoms with E-state index in [4.69, 9.17) is 9.47 Å². The van der Waals surface area contributed by atoms with Crippen molar-refractivity contribution in [3.8, 4) is 22.1 Å². The van der Waals surface area contributed by atoms with Gasteiger partial charge in [-0.1, -0.05) is 37.3 Å². The Balaban J connectivity index is 1.64. The molecule has 1 heterocycles. The van der Waals surface area contributed by atoms with Crippen molar-refractivity contribution in [3.05, 3.63) is 48.5 Å². The van der Waals surface area contributed by atoms with Crippen LogP contribution in [0.2, 0.25) is 0 Å². The van der Waals surface area contributed by atoms with E-state index >= 15 is 0 Å². The molecule has 9 nitrogen and oxygen atoms in total. The highest BCUT2D eigenvalue weighted by Crippen LogP contribution is 2.28. The number of nitrogens with one attached hydrogen (secondary N) is 3. The van der Waals surface area contributed by atoms with Crippen molar-refractivity contribution in [1.29, 1.82) is 0 Å². The van der Waals surface area contributed by atoms with Gasteiger partial charge in [0.15, 0.2) is 0 Å². The van der Waals surface area contributed by atoms with Gasteiger partial charge in [0, 0.05) is 5.56 Å². The Morgan fingerprint density at radius 1 is 1.03 bits per heavy atom. The van der Waals surface area contributed by atoms with Gasteiger partial charge in [0.2, 0.25) is 11.0 Å². The minimum absolute atomic E-state index is 0.160. The minimum Gasteiger partial charge on any atom is -0.497 e. The fraction of sp³-hybridized carbons (Fsp3) is 0.304. The molecule has 1 aromatic heterocycles. The Morgan fingerprint density at radius 3 is 2.42 bits per heavy atom. The molecule has 0 saturated heterocycles. The number of methoxy groups -OCH3 is 1. The third-order valence-electron chi connectivity index (χ3n) is 4.66. The standard InChI is InChI=1S/C23H27N5O4S/c1-5-32-18-9-7-6-8-17(18)24-22(30)25-19(14(2)3)20(29)26-23-28-27-21(33-23)15-10-12-16(31-4)13-11-15/h6-14,19H,5H2,1-4H3,(H2,24,25,30)(H,26,28,29). The predicted molar refractivity (Wildman–Crippen MR) is 129 cm³/mol. The predicted octanol–water partition coefficient (Wildman–Crippen LogP) is 4.40. The molecule has 0 saturated carbocycles. The van der Waals surface area contributed by atoms with Crippen LogP contribution in [0.1, 0.15) is 20.8 Å². The van der Waals surface area contributed by atoms with E-state index in [1.165, 1.54) is 11.3 Å². The highest BCUT2D eigenvalue weighted by Gasteiger charge is 2.25. The van der Waals surface area contributed by atoms with E-state index in [2.05, 4.69) is 26.1 Å². The van der Waals surface area contributed by atoms with E-state index in [9.17, 15) is 9.59 Å². The molecule has 0 radical (unpaired) electrons. The first-order valence-corrected chi connectivity index (χ1v) is 11.3. The monoisotopic (exact) mass is 469 g/mol. The van der Waals surface area contributed by atoms with E-state index < -0.39 is 12.1 Å². The molecule has 1 unspecified atom stereocenters. The summed E-state index contributed by atoms with van der Waals surface area (Å²) in [6.45, 7) is 6.03. The molecule has 0 bridgehead atoms. The summed E-state index contributed by atoms with van der Waals surface area (Å²) < 4.78 is 10.7. The van der Waals surface area contributed by atoms with Crippen LogP contribution in [0.3, 0.4) is 0 Å². The average Bonchev–Trinajstić information content (AvgIpc) is 3.27. The van der Waals surface area contributed by atoms with E-state index in [0.717, 1.165) is 11.3 Å². The lowest BCUT2D eigenvalue weighted by atomic mass is 10.0. The van der Waals surface area contributed by atoms with Gasteiger partial charge >= 0.3 is 6.03 Å². The molecule has 0 spiro atoms. The Labute approximate surface area is 196 Å². The number of anilines is 2. The van der Waals surface area contributed by atoms with Gasteiger partial charge < -0.3 is 20.1 Å². The number of ether oxygens (including phenoxy) is 2. The topological polar surface area (TPSA) is 114 Å². The first-order valence-electron chi connectivity index (χ1n) is 10.5. The Hall–Kier alpha value is -3.66. The fourth-order valence-electron chi connectivity index (χ4n) is 2.99. The maximum atomic E-state index is 12.9. The quantitative estimate of drug-likeness (QED) is 0.428. The Bertz CT molecular complexity index is 1080. The van der Waals surface area contributed by atoms with Crippen molar-refractivity contribution < 1.29 is 19.1 Å². The lowest BCUT2D eigenvalue weighted by Gasteiger charge is -2.21. The summed E-state index contributed by atoms with van der Waals surface area (Å²) in [6, 6.07) is 13.2. The molecule has 2 aromatic carbocycles. The highest BCUT2D eigenvalue weighted by atomic mass is 32.1. The van der Waals surface area contributed by atoms with Crippen LogP contribution in [0.5, 0.6) is 11.5 Å². The van der Waals surface area contributed by atoms with Crippen molar-refractivity contribution in [2.45, 2.75) is 26.8 Å². The Kier molecular flexibility index (Phi) is 8.20. The molecule has 10 heteroatoms. The van der Waals surface area contributed by atoms with E-state index in [1.807, 2.05) is 51.1 Å². The Morgan fingerprint density at radius 2 is 1.76 bits per heavy atom. The van der Waals surface area contributed by atoms with E-state index in [1.54, 1.807) is 25.3 Å². The zero-order chi connectivity index (χ0) is 23.8. The van der Waals surface area contributed by atoms with Crippen LogP contribution >= 0.6 is 11.3 Å². The van der Waals surface area contributed by atoms with Gasteiger partial charge in [0.1, 0.15) is 22.5 Å². The molecule has 3 aromatic rings. The maximum absolute atomic E-state index is 12.9. The number of carbonyl (C=O) groups is 2. The number of carbonyl (C=O) groups excluding carboxylic acids is 2. The number of urea groups is 1. The largest absolute Gasteiger partial charge is 0.497 e. The molecule has 3 rings (SSSR count). The molecule has 3 N–H and O–H groups in total. The second kappa shape index (κ2) is 11.3. The number of amides is 3. The van der Waals surface area contributed by atoms with Gasteiger partial charge in [-0.05, 0) is 49.2 Å². The van der Waals surface area contributed by atoms with Gasteiger partial charge in [-0.3, -0.25) is 10.1 Å². The van der Waals surface area contributed by atoms with Crippen LogP contribution in [0.4, 0.5) is 15.6 Å². The summed E-state index contributed by atoms with van der Waals surface area (Å²) in [6.07, 6.45) is 0. The summed E-state index contributed by atoms with van der Waals surface area (Å²) in [7, 11) is 1.60. The smallest absolute Gasteiger partial charge is 0.320 e. The van der Waals surface area contributed by atoms with Crippen LogP contribution in [-0.2, 0) is 4.79 Å². The van der Waals surface area contributed by atoms with Crippen molar-refractivity contribution in [2.24, 2.45) is 5.92 Å².